The number of esters is 1. The van der Waals surface area contributed by atoms with Gasteiger partial charge >= 0.3 is 5.97 Å². The van der Waals surface area contributed by atoms with E-state index in [4.69, 9.17) is 9.47 Å². The highest BCUT2D eigenvalue weighted by Gasteiger charge is 2.42. The predicted octanol–water partition coefficient (Wildman–Crippen LogP) is 3.98. The Balaban J connectivity index is 1.98. The first-order chi connectivity index (χ1) is 13.1. The van der Waals surface area contributed by atoms with Gasteiger partial charge in [-0.2, -0.15) is 0 Å². The maximum absolute atomic E-state index is 13.0. The summed E-state index contributed by atoms with van der Waals surface area (Å²) in [5.74, 6) is -0.0747. The number of benzene rings is 3. The van der Waals surface area contributed by atoms with E-state index in [0.717, 1.165) is 11.1 Å². The molecule has 0 spiro atoms. The van der Waals surface area contributed by atoms with Gasteiger partial charge in [0, 0.05) is 5.56 Å². The zero-order valence-corrected chi connectivity index (χ0v) is 15.4. The molecule has 0 heterocycles. The minimum Gasteiger partial charge on any atom is -0.497 e. The van der Waals surface area contributed by atoms with Crippen molar-refractivity contribution in [2.45, 2.75) is 19.1 Å². The van der Waals surface area contributed by atoms with Crippen molar-refractivity contribution in [1.82, 2.24) is 0 Å². The molecule has 0 aliphatic carbocycles. The Hall–Kier alpha value is -3.11. The zero-order chi connectivity index (χ0) is 19.3. The Morgan fingerprint density at radius 2 is 1.56 bits per heavy atom. The summed E-state index contributed by atoms with van der Waals surface area (Å²) >= 11 is 0. The second kappa shape index (κ2) is 8.06. The van der Waals surface area contributed by atoms with Gasteiger partial charge in [0.1, 0.15) is 12.4 Å². The molecule has 0 amide bonds. The van der Waals surface area contributed by atoms with Gasteiger partial charge in [0.25, 0.3) is 0 Å². The van der Waals surface area contributed by atoms with E-state index in [1.165, 1.54) is 0 Å². The van der Waals surface area contributed by atoms with Crippen LogP contribution in [0.1, 0.15) is 22.3 Å². The van der Waals surface area contributed by atoms with Gasteiger partial charge in [0.15, 0.2) is 0 Å². The number of rotatable bonds is 6. The van der Waals surface area contributed by atoms with Crippen molar-refractivity contribution in [3.05, 3.63) is 101 Å². The molecule has 1 N–H and O–H groups in total. The summed E-state index contributed by atoms with van der Waals surface area (Å²) in [6.07, 6.45) is 0. The van der Waals surface area contributed by atoms with Crippen LogP contribution < -0.4 is 4.74 Å². The molecule has 0 unspecified atom stereocenters. The highest BCUT2D eigenvalue weighted by molar-refractivity contribution is 5.86. The normalized spacial score (nSPS) is 12.9. The van der Waals surface area contributed by atoms with Crippen molar-refractivity contribution in [1.29, 1.82) is 0 Å². The Kier molecular flexibility index (Phi) is 5.57. The highest BCUT2D eigenvalue weighted by Crippen LogP contribution is 2.34. The van der Waals surface area contributed by atoms with Crippen LogP contribution in [0, 0.1) is 6.92 Å². The number of methoxy groups -OCH3 is 1. The molecule has 0 aromatic heterocycles. The average Bonchev–Trinajstić information content (AvgIpc) is 2.72. The third-order valence-corrected chi connectivity index (χ3v) is 4.55. The summed E-state index contributed by atoms with van der Waals surface area (Å²) in [6, 6.07) is 23.4. The fourth-order valence-corrected chi connectivity index (χ4v) is 3.02. The highest BCUT2D eigenvalue weighted by atomic mass is 16.5. The van der Waals surface area contributed by atoms with Gasteiger partial charge in [-0.3, -0.25) is 0 Å². The Labute approximate surface area is 159 Å². The SMILES string of the molecule is COc1ccc([C@](O)(C(=O)OCc2ccccc2)c2ccccc2C)cc1. The molecule has 138 valence electrons. The van der Waals surface area contributed by atoms with Gasteiger partial charge in [-0.1, -0.05) is 66.7 Å². The Bertz CT molecular complexity index is 903. The summed E-state index contributed by atoms with van der Waals surface area (Å²) < 4.78 is 10.7. The molecule has 0 bridgehead atoms. The van der Waals surface area contributed by atoms with Gasteiger partial charge in [-0.25, -0.2) is 4.79 Å². The number of aliphatic hydroxyl groups is 1. The Morgan fingerprint density at radius 3 is 2.19 bits per heavy atom. The van der Waals surface area contributed by atoms with Gasteiger partial charge in [-0.05, 0) is 35.7 Å². The lowest BCUT2D eigenvalue weighted by molar-refractivity contribution is -0.163. The fourth-order valence-electron chi connectivity index (χ4n) is 3.02. The van der Waals surface area contributed by atoms with Crippen molar-refractivity contribution in [3.8, 4) is 5.75 Å². The van der Waals surface area contributed by atoms with Gasteiger partial charge in [-0.15, -0.1) is 0 Å². The molecule has 3 aromatic rings. The minimum absolute atomic E-state index is 0.0873. The molecule has 0 fully saturated rings. The van der Waals surface area contributed by atoms with Crippen LogP contribution in [0.25, 0.3) is 0 Å². The molecule has 0 radical (unpaired) electrons. The van der Waals surface area contributed by atoms with Crippen LogP contribution in [-0.4, -0.2) is 18.2 Å². The van der Waals surface area contributed by atoms with E-state index >= 15 is 0 Å². The molecule has 27 heavy (non-hydrogen) atoms. The monoisotopic (exact) mass is 362 g/mol. The number of hydrogen-bond acceptors (Lipinski definition) is 4. The number of carbonyl (C=O) groups excluding carboxylic acids is 1. The minimum atomic E-state index is -1.91. The third-order valence-electron chi connectivity index (χ3n) is 4.55. The molecule has 4 heteroatoms. The van der Waals surface area contributed by atoms with E-state index in [1.807, 2.05) is 49.4 Å². The van der Waals surface area contributed by atoms with Gasteiger partial charge in [0.05, 0.1) is 7.11 Å². The van der Waals surface area contributed by atoms with E-state index in [-0.39, 0.29) is 6.61 Å². The Morgan fingerprint density at radius 1 is 0.926 bits per heavy atom. The molecule has 0 saturated heterocycles. The molecular weight excluding hydrogens is 340 g/mol. The first-order valence-electron chi connectivity index (χ1n) is 8.70. The first kappa shape index (κ1) is 18.7. The second-order valence-corrected chi connectivity index (χ2v) is 6.32. The van der Waals surface area contributed by atoms with E-state index < -0.39 is 11.6 Å². The molecule has 0 aliphatic heterocycles. The van der Waals surface area contributed by atoms with Crippen LogP contribution in [0.4, 0.5) is 0 Å². The average molecular weight is 362 g/mol. The summed E-state index contributed by atoms with van der Waals surface area (Å²) in [6.45, 7) is 1.94. The summed E-state index contributed by atoms with van der Waals surface area (Å²) in [4.78, 5) is 13.0. The third kappa shape index (κ3) is 3.86. The molecule has 0 saturated carbocycles. The summed E-state index contributed by atoms with van der Waals surface area (Å²) in [5, 5.41) is 11.5. The number of aryl methyl sites for hydroxylation is 1. The van der Waals surface area contributed by atoms with E-state index in [9.17, 15) is 9.90 Å². The van der Waals surface area contributed by atoms with Gasteiger partial charge < -0.3 is 14.6 Å². The molecular formula is C23H22O4. The maximum Gasteiger partial charge on any atom is 0.348 e. The van der Waals surface area contributed by atoms with Crippen molar-refractivity contribution in [2.75, 3.05) is 7.11 Å². The lowest BCUT2D eigenvalue weighted by atomic mass is 9.84. The fraction of sp³-hybridized carbons (Fsp3) is 0.174. The number of carbonyl (C=O) groups is 1. The topological polar surface area (TPSA) is 55.8 Å². The zero-order valence-electron chi connectivity index (χ0n) is 15.4. The quantitative estimate of drug-likeness (QED) is 0.674. The summed E-state index contributed by atoms with van der Waals surface area (Å²) in [7, 11) is 1.57. The van der Waals surface area contributed by atoms with E-state index in [1.54, 1.807) is 43.5 Å². The van der Waals surface area contributed by atoms with Crippen molar-refractivity contribution >= 4 is 5.97 Å². The van der Waals surface area contributed by atoms with Crippen LogP contribution in [0.15, 0.2) is 78.9 Å². The molecule has 1 atom stereocenters. The maximum atomic E-state index is 13.0. The number of hydrogen-bond donors (Lipinski definition) is 1. The first-order valence-corrected chi connectivity index (χ1v) is 8.70. The van der Waals surface area contributed by atoms with Crippen molar-refractivity contribution < 1.29 is 19.4 Å². The molecule has 4 nitrogen and oxygen atoms in total. The van der Waals surface area contributed by atoms with Crippen LogP contribution in [0.2, 0.25) is 0 Å². The lowest BCUT2D eigenvalue weighted by Gasteiger charge is -2.28. The number of ether oxygens (including phenoxy) is 2. The predicted molar refractivity (Wildman–Crippen MR) is 103 cm³/mol. The second-order valence-electron chi connectivity index (χ2n) is 6.32. The molecule has 0 aliphatic rings. The van der Waals surface area contributed by atoms with Crippen LogP contribution >= 0.6 is 0 Å². The van der Waals surface area contributed by atoms with E-state index in [0.29, 0.717) is 16.9 Å². The van der Waals surface area contributed by atoms with Gasteiger partial charge in [0.2, 0.25) is 5.60 Å². The smallest absolute Gasteiger partial charge is 0.348 e. The molecule has 3 rings (SSSR count). The van der Waals surface area contributed by atoms with Crippen LogP contribution in [0.5, 0.6) is 5.75 Å². The summed E-state index contributed by atoms with van der Waals surface area (Å²) in [5.41, 5.74) is 0.663. The van der Waals surface area contributed by atoms with E-state index in [2.05, 4.69) is 0 Å². The van der Waals surface area contributed by atoms with Crippen LogP contribution in [-0.2, 0) is 21.7 Å². The lowest BCUT2D eigenvalue weighted by Crippen LogP contribution is -2.39. The van der Waals surface area contributed by atoms with Crippen molar-refractivity contribution in [2.24, 2.45) is 0 Å². The van der Waals surface area contributed by atoms with Crippen molar-refractivity contribution in [3.63, 3.8) is 0 Å². The molecule has 3 aromatic carbocycles. The standard InChI is InChI=1S/C23H22O4/c1-17-8-6-7-11-21(17)23(25,19-12-14-20(26-2)15-13-19)22(24)27-16-18-9-4-3-5-10-18/h3-15,25H,16H2,1-2H3/t23-/m1/s1. The largest absolute Gasteiger partial charge is 0.497 e. The van der Waals surface area contributed by atoms with Crippen LogP contribution in [0.3, 0.4) is 0 Å².